The molecule has 0 aliphatic rings. The van der Waals surface area contributed by atoms with Gasteiger partial charge in [-0.15, -0.1) is 0 Å². The highest BCUT2D eigenvalue weighted by Crippen LogP contribution is 2.45. The zero-order chi connectivity index (χ0) is 23.9. The molecule has 170 valence electrons. The quantitative estimate of drug-likeness (QED) is 0.259. The van der Waals surface area contributed by atoms with Crippen LogP contribution in [0.3, 0.4) is 0 Å². The maximum Gasteiger partial charge on any atom is 0.159 e. The molecule has 0 saturated carbocycles. The average molecular weight is 462 g/mol. The van der Waals surface area contributed by atoms with Crippen LogP contribution in [-0.2, 0) is 0 Å². The van der Waals surface area contributed by atoms with E-state index in [1.165, 1.54) is 10.9 Å². The minimum Gasteiger partial charge on any atom is -0.453 e. The van der Waals surface area contributed by atoms with Crippen LogP contribution in [0.25, 0.3) is 43.8 Å². The van der Waals surface area contributed by atoms with Crippen LogP contribution in [0.1, 0.15) is 0 Å². The van der Waals surface area contributed by atoms with Gasteiger partial charge in [0.1, 0.15) is 5.58 Å². The zero-order valence-electron chi connectivity index (χ0n) is 19.6. The minimum atomic E-state index is 0.883. The summed E-state index contributed by atoms with van der Waals surface area (Å²) in [6, 6.07) is 48.9. The molecule has 0 saturated heterocycles. The van der Waals surface area contributed by atoms with Gasteiger partial charge in [-0.25, -0.2) is 0 Å². The molecule has 2 nitrogen and oxygen atoms in total. The Balaban J connectivity index is 1.61. The molecule has 0 unspecified atom stereocenters. The average Bonchev–Trinajstić information content (AvgIpc) is 3.34. The van der Waals surface area contributed by atoms with Crippen LogP contribution in [0.2, 0.25) is 0 Å². The molecule has 6 aromatic carbocycles. The SMILES string of the molecule is c1ccc(-c2cc(N(c3ccccc3)c3ccccc3)c3oc4c5ccccc5ccc4c3c2)cc1. The van der Waals surface area contributed by atoms with Gasteiger partial charge in [-0.05, 0) is 59.0 Å². The number of hydrogen-bond donors (Lipinski definition) is 0. The van der Waals surface area contributed by atoms with Crippen LogP contribution in [0.15, 0.2) is 144 Å². The van der Waals surface area contributed by atoms with Crippen molar-refractivity contribution in [1.29, 1.82) is 0 Å². The lowest BCUT2D eigenvalue weighted by molar-refractivity contribution is 0.673. The molecule has 0 aliphatic carbocycles. The molecule has 1 heterocycles. The Morgan fingerprint density at radius 1 is 0.417 bits per heavy atom. The van der Waals surface area contributed by atoms with Crippen molar-refractivity contribution in [3.8, 4) is 11.1 Å². The summed E-state index contributed by atoms with van der Waals surface area (Å²) in [5.41, 5.74) is 7.33. The summed E-state index contributed by atoms with van der Waals surface area (Å²) in [6.45, 7) is 0. The third-order valence-electron chi connectivity index (χ3n) is 6.82. The normalized spacial score (nSPS) is 11.3. The van der Waals surface area contributed by atoms with E-state index >= 15 is 0 Å². The van der Waals surface area contributed by atoms with E-state index in [1.54, 1.807) is 0 Å². The van der Waals surface area contributed by atoms with Gasteiger partial charge in [0.15, 0.2) is 5.58 Å². The molecular weight excluding hydrogens is 438 g/mol. The minimum absolute atomic E-state index is 0.883. The first-order valence-electron chi connectivity index (χ1n) is 12.2. The predicted octanol–water partition coefficient (Wildman–Crippen LogP) is 9.88. The Morgan fingerprint density at radius 3 is 1.72 bits per heavy atom. The van der Waals surface area contributed by atoms with Crippen LogP contribution in [0.5, 0.6) is 0 Å². The highest BCUT2D eigenvalue weighted by Gasteiger charge is 2.21. The summed E-state index contributed by atoms with van der Waals surface area (Å²) in [6.07, 6.45) is 0. The molecular formula is C34H23NO. The molecule has 7 aromatic rings. The van der Waals surface area contributed by atoms with Crippen LogP contribution in [-0.4, -0.2) is 0 Å². The molecule has 0 aliphatic heterocycles. The second kappa shape index (κ2) is 8.44. The van der Waals surface area contributed by atoms with Gasteiger partial charge in [0, 0.05) is 27.5 Å². The Bertz CT molecular complexity index is 1780. The zero-order valence-corrected chi connectivity index (χ0v) is 19.6. The van der Waals surface area contributed by atoms with Crippen LogP contribution >= 0.6 is 0 Å². The summed E-state index contributed by atoms with van der Waals surface area (Å²) in [5.74, 6) is 0. The number of fused-ring (bicyclic) bond motifs is 5. The van der Waals surface area contributed by atoms with Crippen LogP contribution in [0.4, 0.5) is 17.1 Å². The molecule has 0 amide bonds. The van der Waals surface area contributed by atoms with Gasteiger partial charge < -0.3 is 9.32 Å². The molecule has 1 aromatic heterocycles. The molecule has 0 N–H and O–H groups in total. The molecule has 36 heavy (non-hydrogen) atoms. The standard InChI is InChI=1S/C34H23NO/c1-4-12-24(13-5-1)26-22-31-30-21-20-25-14-10-11-19-29(25)33(30)36-34(31)32(23-26)35(27-15-6-2-7-16-27)28-17-8-3-9-18-28/h1-23H. The van der Waals surface area contributed by atoms with Crippen molar-refractivity contribution in [2.45, 2.75) is 0 Å². The summed E-state index contributed by atoms with van der Waals surface area (Å²) in [7, 11) is 0. The molecule has 7 rings (SSSR count). The molecule has 0 radical (unpaired) electrons. The van der Waals surface area contributed by atoms with Crippen molar-refractivity contribution in [2.24, 2.45) is 0 Å². The number of nitrogens with zero attached hydrogens (tertiary/aromatic N) is 1. The third-order valence-corrected chi connectivity index (χ3v) is 6.82. The van der Waals surface area contributed by atoms with Crippen LogP contribution in [0, 0.1) is 0 Å². The number of benzene rings is 6. The van der Waals surface area contributed by atoms with Gasteiger partial charge in [-0.1, -0.05) is 97.1 Å². The smallest absolute Gasteiger partial charge is 0.159 e. The lowest BCUT2D eigenvalue weighted by atomic mass is 9.99. The van der Waals surface area contributed by atoms with Gasteiger partial charge in [0.2, 0.25) is 0 Å². The second-order valence-corrected chi connectivity index (χ2v) is 9.01. The van der Waals surface area contributed by atoms with Crippen LogP contribution < -0.4 is 4.90 Å². The molecule has 0 fully saturated rings. The summed E-state index contributed by atoms with van der Waals surface area (Å²) >= 11 is 0. The van der Waals surface area contributed by atoms with E-state index in [-0.39, 0.29) is 0 Å². The van der Waals surface area contributed by atoms with E-state index in [0.717, 1.165) is 50.0 Å². The first-order valence-corrected chi connectivity index (χ1v) is 12.2. The number of furan rings is 1. The maximum atomic E-state index is 6.77. The highest BCUT2D eigenvalue weighted by atomic mass is 16.3. The summed E-state index contributed by atoms with van der Waals surface area (Å²) in [4.78, 5) is 2.29. The van der Waals surface area contributed by atoms with Crippen molar-refractivity contribution >= 4 is 49.8 Å². The van der Waals surface area contributed by atoms with E-state index in [1.807, 2.05) is 0 Å². The van der Waals surface area contributed by atoms with E-state index < -0.39 is 0 Å². The fourth-order valence-corrected chi connectivity index (χ4v) is 5.13. The molecule has 0 spiro atoms. The fraction of sp³-hybridized carbons (Fsp3) is 0. The third kappa shape index (κ3) is 3.35. The van der Waals surface area contributed by atoms with Crippen molar-refractivity contribution in [2.75, 3.05) is 4.90 Å². The van der Waals surface area contributed by atoms with E-state index in [4.69, 9.17) is 4.42 Å². The second-order valence-electron chi connectivity index (χ2n) is 9.01. The van der Waals surface area contributed by atoms with E-state index in [2.05, 4.69) is 144 Å². The Kier molecular flexibility index (Phi) is 4.82. The lowest BCUT2D eigenvalue weighted by Crippen LogP contribution is -2.10. The predicted molar refractivity (Wildman–Crippen MR) is 151 cm³/mol. The van der Waals surface area contributed by atoms with Gasteiger partial charge in [0.25, 0.3) is 0 Å². The van der Waals surface area contributed by atoms with Crippen molar-refractivity contribution in [3.63, 3.8) is 0 Å². The van der Waals surface area contributed by atoms with Gasteiger partial charge in [-0.2, -0.15) is 0 Å². The van der Waals surface area contributed by atoms with Gasteiger partial charge in [-0.3, -0.25) is 0 Å². The Labute approximate surface area is 209 Å². The topological polar surface area (TPSA) is 16.4 Å². The van der Waals surface area contributed by atoms with Crippen molar-refractivity contribution in [3.05, 3.63) is 140 Å². The number of rotatable bonds is 4. The molecule has 0 atom stereocenters. The Hall–Kier alpha value is -4.82. The maximum absolute atomic E-state index is 6.77. The van der Waals surface area contributed by atoms with Gasteiger partial charge in [0.05, 0.1) is 5.69 Å². The number of para-hydroxylation sites is 2. The van der Waals surface area contributed by atoms with E-state index in [0.29, 0.717) is 0 Å². The fourth-order valence-electron chi connectivity index (χ4n) is 5.13. The van der Waals surface area contributed by atoms with Crippen molar-refractivity contribution < 1.29 is 4.42 Å². The molecule has 2 heteroatoms. The first kappa shape index (κ1) is 20.5. The van der Waals surface area contributed by atoms with E-state index in [9.17, 15) is 0 Å². The first-order chi connectivity index (χ1) is 17.9. The van der Waals surface area contributed by atoms with Crippen molar-refractivity contribution in [1.82, 2.24) is 0 Å². The monoisotopic (exact) mass is 461 g/mol. The number of anilines is 3. The number of hydrogen-bond acceptors (Lipinski definition) is 2. The summed E-state index contributed by atoms with van der Waals surface area (Å²) < 4.78 is 6.77. The highest BCUT2D eigenvalue weighted by molar-refractivity contribution is 6.18. The molecule has 0 bridgehead atoms. The van der Waals surface area contributed by atoms with Gasteiger partial charge >= 0.3 is 0 Å². The summed E-state index contributed by atoms with van der Waals surface area (Å²) in [5, 5.41) is 4.55. The Morgan fingerprint density at radius 2 is 1.03 bits per heavy atom. The lowest BCUT2D eigenvalue weighted by Gasteiger charge is -2.26. The largest absolute Gasteiger partial charge is 0.453 e.